The molecule has 0 radical (unpaired) electrons. The Kier molecular flexibility index (Phi) is 1.91. The van der Waals surface area contributed by atoms with Gasteiger partial charge < -0.3 is 5.32 Å². The van der Waals surface area contributed by atoms with E-state index in [-0.39, 0.29) is 0 Å². The minimum absolute atomic E-state index is 1.26. The second-order valence-corrected chi connectivity index (χ2v) is 4.63. The second kappa shape index (κ2) is 2.47. The van der Waals surface area contributed by atoms with Gasteiger partial charge in [-0.2, -0.15) is 0 Å². The number of allylic oxidation sites excluding steroid dienone is 1. The highest BCUT2D eigenvalue weighted by molar-refractivity contribution is 8.14. The van der Waals surface area contributed by atoms with E-state index in [0.29, 0.717) is 0 Å². The highest BCUT2D eigenvalue weighted by Gasteiger charge is 2.37. The van der Waals surface area contributed by atoms with Crippen molar-refractivity contribution in [3.63, 3.8) is 0 Å². The van der Waals surface area contributed by atoms with Gasteiger partial charge in [0.15, 0.2) is 0 Å². The van der Waals surface area contributed by atoms with Crippen LogP contribution in [0.25, 0.3) is 0 Å². The Morgan fingerprint density at radius 2 is 2.27 bits per heavy atom. The van der Waals surface area contributed by atoms with Crippen LogP contribution in [0.2, 0.25) is 0 Å². The van der Waals surface area contributed by atoms with Crippen molar-refractivity contribution in [1.82, 2.24) is 5.32 Å². The van der Waals surface area contributed by atoms with Crippen LogP contribution in [0.15, 0.2) is 17.3 Å². The van der Waals surface area contributed by atoms with Crippen molar-refractivity contribution in [1.29, 1.82) is 0 Å². The first-order valence-corrected chi connectivity index (χ1v) is 4.98. The van der Waals surface area contributed by atoms with Crippen LogP contribution in [0.3, 0.4) is 0 Å². The molecular formula is C4H6ClN3O2S. The van der Waals surface area contributed by atoms with Gasteiger partial charge in [0.1, 0.15) is 0 Å². The molecule has 0 aromatic heterocycles. The van der Waals surface area contributed by atoms with E-state index in [1.165, 1.54) is 18.5 Å². The third kappa shape index (κ3) is 1.52. The quantitative estimate of drug-likeness (QED) is 0.543. The van der Waals surface area contributed by atoms with E-state index in [2.05, 4.69) is 10.3 Å². The molecule has 1 atom stereocenters. The molecule has 1 aliphatic rings. The molecule has 0 amide bonds. The number of nitrogens with zero attached hydrogens (tertiary/aromatic N) is 1. The second-order valence-electron chi connectivity index (χ2n) is 1.92. The van der Waals surface area contributed by atoms with Gasteiger partial charge in [-0.25, -0.2) is 13.4 Å². The number of hydrogen-bond donors (Lipinski definition) is 2. The molecule has 3 N–H and O–H groups in total. The van der Waals surface area contributed by atoms with Crippen molar-refractivity contribution in [2.75, 3.05) is 0 Å². The topological polar surface area (TPSA) is 84.6 Å². The number of hydrogen-bond acceptors (Lipinski definition) is 5. The predicted octanol–water partition coefficient (Wildman–Crippen LogP) is -0.687. The number of halogens is 1. The average molecular weight is 196 g/mol. The van der Waals surface area contributed by atoms with Crippen LogP contribution < -0.4 is 11.1 Å². The molecule has 1 rings (SSSR count). The molecule has 0 aromatic carbocycles. The van der Waals surface area contributed by atoms with Gasteiger partial charge in [0.2, 0.25) is 0 Å². The molecule has 7 heteroatoms. The maximum atomic E-state index is 10.7. The van der Waals surface area contributed by atoms with Crippen molar-refractivity contribution < 1.29 is 8.42 Å². The molecule has 0 saturated heterocycles. The lowest BCUT2D eigenvalue weighted by molar-refractivity contribution is 0.505. The first kappa shape index (κ1) is 8.51. The van der Waals surface area contributed by atoms with Gasteiger partial charge in [0.05, 0.1) is 0 Å². The number of aliphatic imine (C=N–C) groups is 1. The smallest absolute Gasteiger partial charge is 0.302 e. The molecule has 62 valence electrons. The summed E-state index contributed by atoms with van der Waals surface area (Å²) >= 11 is 0. The summed E-state index contributed by atoms with van der Waals surface area (Å²) in [7, 11) is 1.05. The summed E-state index contributed by atoms with van der Waals surface area (Å²) in [6.07, 6.45) is 4.12. The fourth-order valence-electron chi connectivity index (χ4n) is 0.535. The van der Waals surface area contributed by atoms with Crippen LogP contribution in [-0.2, 0) is 9.05 Å². The zero-order valence-corrected chi connectivity index (χ0v) is 6.93. The lowest BCUT2D eigenvalue weighted by Gasteiger charge is -2.22. The van der Waals surface area contributed by atoms with Crippen molar-refractivity contribution in [2.24, 2.45) is 10.7 Å². The van der Waals surface area contributed by atoms with Crippen LogP contribution in [0.1, 0.15) is 0 Å². The molecule has 5 nitrogen and oxygen atoms in total. The Bertz CT molecular complexity index is 309. The Morgan fingerprint density at radius 1 is 1.64 bits per heavy atom. The zero-order chi connectivity index (χ0) is 8.54. The molecule has 1 aliphatic heterocycles. The lowest BCUT2D eigenvalue weighted by Crippen LogP contribution is -2.55. The SMILES string of the molecule is NC1(S(=O)(=O)Cl)N=CC=CN1. The summed E-state index contributed by atoms with van der Waals surface area (Å²) in [5.74, 6) is 0. The molecule has 0 fully saturated rings. The van der Waals surface area contributed by atoms with E-state index < -0.39 is 14.2 Å². The van der Waals surface area contributed by atoms with Gasteiger partial charge >= 0.3 is 5.12 Å². The minimum atomic E-state index is -3.94. The number of nitrogens with one attached hydrogen (secondary N) is 1. The van der Waals surface area contributed by atoms with Crippen LogP contribution >= 0.6 is 10.7 Å². The van der Waals surface area contributed by atoms with E-state index in [1.807, 2.05) is 0 Å². The van der Waals surface area contributed by atoms with Gasteiger partial charge in [-0.1, -0.05) is 0 Å². The minimum Gasteiger partial charge on any atom is -0.341 e. The molecular weight excluding hydrogens is 190 g/mol. The van der Waals surface area contributed by atoms with Gasteiger partial charge in [0, 0.05) is 23.1 Å². The predicted molar refractivity (Wildman–Crippen MR) is 42.5 cm³/mol. The van der Waals surface area contributed by atoms with E-state index in [0.717, 1.165) is 0 Å². The monoisotopic (exact) mass is 195 g/mol. The highest BCUT2D eigenvalue weighted by Crippen LogP contribution is 2.15. The molecule has 0 spiro atoms. The van der Waals surface area contributed by atoms with Gasteiger partial charge in [-0.3, -0.25) is 5.73 Å². The van der Waals surface area contributed by atoms with Crippen molar-refractivity contribution in [3.05, 3.63) is 12.3 Å². The fourth-order valence-corrected chi connectivity index (χ4v) is 1.18. The third-order valence-corrected chi connectivity index (χ3v) is 2.78. The van der Waals surface area contributed by atoms with Crippen molar-refractivity contribution in [3.8, 4) is 0 Å². The molecule has 0 aliphatic carbocycles. The van der Waals surface area contributed by atoms with Gasteiger partial charge in [0.25, 0.3) is 9.05 Å². The summed E-state index contributed by atoms with van der Waals surface area (Å²) in [6.45, 7) is 0. The average Bonchev–Trinajstić information content (AvgIpc) is 1.87. The summed E-state index contributed by atoms with van der Waals surface area (Å²) in [5.41, 5.74) is 5.26. The summed E-state index contributed by atoms with van der Waals surface area (Å²) < 4.78 is 21.5. The molecule has 0 bridgehead atoms. The summed E-state index contributed by atoms with van der Waals surface area (Å²) in [4.78, 5) is 3.47. The van der Waals surface area contributed by atoms with Crippen LogP contribution in [-0.4, -0.2) is 19.8 Å². The highest BCUT2D eigenvalue weighted by atomic mass is 35.7. The molecule has 1 heterocycles. The Hall–Kier alpha value is -0.590. The Balaban J connectivity index is 3.04. The first-order chi connectivity index (χ1) is 4.96. The first-order valence-electron chi connectivity index (χ1n) is 2.67. The van der Waals surface area contributed by atoms with Crippen molar-refractivity contribution >= 4 is 25.9 Å². The maximum absolute atomic E-state index is 10.7. The van der Waals surface area contributed by atoms with Crippen LogP contribution in [0.4, 0.5) is 0 Å². The lowest BCUT2D eigenvalue weighted by atomic mass is 10.6. The molecule has 0 saturated carbocycles. The number of nitrogens with two attached hydrogens (primary N) is 1. The fraction of sp³-hybridized carbons (Fsp3) is 0.250. The summed E-state index contributed by atoms with van der Waals surface area (Å²) in [5, 5.41) is 0.401. The molecule has 1 unspecified atom stereocenters. The summed E-state index contributed by atoms with van der Waals surface area (Å²) in [6, 6.07) is 0. The Labute approximate surface area is 68.4 Å². The Morgan fingerprint density at radius 3 is 2.55 bits per heavy atom. The molecule has 11 heavy (non-hydrogen) atoms. The van der Waals surface area contributed by atoms with E-state index in [4.69, 9.17) is 16.4 Å². The van der Waals surface area contributed by atoms with Gasteiger partial charge in [-0.15, -0.1) is 0 Å². The largest absolute Gasteiger partial charge is 0.341 e. The van der Waals surface area contributed by atoms with Gasteiger partial charge in [-0.05, 0) is 6.08 Å². The van der Waals surface area contributed by atoms with Crippen LogP contribution in [0.5, 0.6) is 0 Å². The zero-order valence-electron chi connectivity index (χ0n) is 5.36. The van der Waals surface area contributed by atoms with Crippen LogP contribution in [0, 0.1) is 0 Å². The van der Waals surface area contributed by atoms with E-state index in [1.54, 1.807) is 0 Å². The van der Waals surface area contributed by atoms with E-state index in [9.17, 15) is 8.42 Å². The molecule has 0 aromatic rings. The maximum Gasteiger partial charge on any atom is 0.302 e. The number of rotatable bonds is 1. The third-order valence-electron chi connectivity index (χ3n) is 1.11. The van der Waals surface area contributed by atoms with E-state index >= 15 is 0 Å². The standard InChI is InChI=1S/C4H6ClN3O2S/c5-11(9,10)4(6)7-2-1-3-8-4/h1-3,7H,6H2. The normalized spacial score (nSPS) is 30.0. The van der Waals surface area contributed by atoms with Crippen molar-refractivity contribution in [2.45, 2.75) is 5.12 Å².